The van der Waals surface area contributed by atoms with Crippen molar-refractivity contribution in [2.24, 2.45) is 0 Å². The van der Waals surface area contributed by atoms with Gasteiger partial charge in [0.1, 0.15) is 22.8 Å². The van der Waals surface area contributed by atoms with E-state index in [4.69, 9.17) is 16.1 Å². The SMILES string of the molecule is Cc1onc(-c2ccccc2Cl)c1C(=O)NCCCn1ccnc1-c1ccccc1. The van der Waals surface area contributed by atoms with E-state index in [9.17, 15) is 4.79 Å². The summed E-state index contributed by atoms with van der Waals surface area (Å²) in [5.74, 6) is 1.15. The molecule has 6 nitrogen and oxygen atoms in total. The Morgan fingerprint density at radius 1 is 1.13 bits per heavy atom. The van der Waals surface area contributed by atoms with E-state index in [1.807, 2.05) is 54.7 Å². The number of carbonyl (C=O) groups is 1. The highest BCUT2D eigenvalue weighted by Gasteiger charge is 2.22. The minimum Gasteiger partial charge on any atom is -0.360 e. The molecule has 0 aliphatic rings. The van der Waals surface area contributed by atoms with Gasteiger partial charge in [0.05, 0.1) is 5.02 Å². The van der Waals surface area contributed by atoms with Crippen LogP contribution in [0.1, 0.15) is 22.5 Å². The normalized spacial score (nSPS) is 10.9. The molecule has 2 aromatic heterocycles. The predicted octanol–water partition coefficient (Wildman–Crippen LogP) is 4.99. The molecule has 0 radical (unpaired) electrons. The topological polar surface area (TPSA) is 73.0 Å². The van der Waals surface area contributed by atoms with Crippen LogP contribution >= 0.6 is 11.6 Å². The molecule has 30 heavy (non-hydrogen) atoms. The molecule has 0 bridgehead atoms. The van der Waals surface area contributed by atoms with Crippen LogP contribution in [0.4, 0.5) is 0 Å². The van der Waals surface area contributed by atoms with Crippen molar-refractivity contribution in [1.82, 2.24) is 20.0 Å². The number of carbonyl (C=O) groups excluding carboxylic acids is 1. The van der Waals surface area contributed by atoms with Gasteiger partial charge in [0.2, 0.25) is 0 Å². The average molecular weight is 421 g/mol. The minimum absolute atomic E-state index is 0.224. The van der Waals surface area contributed by atoms with Crippen molar-refractivity contribution in [1.29, 1.82) is 0 Å². The van der Waals surface area contributed by atoms with Crippen LogP contribution in [0.2, 0.25) is 5.02 Å². The molecule has 0 aliphatic heterocycles. The minimum atomic E-state index is -0.224. The Morgan fingerprint density at radius 2 is 1.90 bits per heavy atom. The number of rotatable bonds is 7. The Hall–Kier alpha value is -3.38. The largest absolute Gasteiger partial charge is 0.360 e. The molecule has 4 rings (SSSR count). The van der Waals surface area contributed by atoms with Gasteiger partial charge in [-0.1, -0.05) is 65.3 Å². The van der Waals surface area contributed by atoms with E-state index in [1.165, 1.54) is 0 Å². The second-order valence-electron chi connectivity index (χ2n) is 6.86. The zero-order valence-electron chi connectivity index (χ0n) is 16.5. The number of hydrogen-bond acceptors (Lipinski definition) is 4. The first-order valence-corrected chi connectivity index (χ1v) is 10.1. The van der Waals surface area contributed by atoms with Gasteiger partial charge >= 0.3 is 0 Å². The first-order chi connectivity index (χ1) is 14.6. The van der Waals surface area contributed by atoms with Crippen LogP contribution in [0.25, 0.3) is 22.6 Å². The van der Waals surface area contributed by atoms with E-state index in [-0.39, 0.29) is 5.91 Å². The van der Waals surface area contributed by atoms with Crippen molar-refractivity contribution >= 4 is 17.5 Å². The molecule has 2 heterocycles. The monoisotopic (exact) mass is 420 g/mol. The van der Waals surface area contributed by atoms with Crippen LogP contribution in [0, 0.1) is 6.92 Å². The van der Waals surface area contributed by atoms with Crippen molar-refractivity contribution in [3.05, 3.63) is 83.3 Å². The first kappa shape index (κ1) is 19.9. The van der Waals surface area contributed by atoms with Gasteiger partial charge in [-0.3, -0.25) is 4.79 Å². The van der Waals surface area contributed by atoms with E-state index >= 15 is 0 Å². The molecule has 0 atom stereocenters. The quantitative estimate of drug-likeness (QED) is 0.427. The third kappa shape index (κ3) is 4.14. The number of imidazole rings is 1. The third-order valence-corrected chi connectivity index (χ3v) is 5.16. The molecule has 0 fully saturated rings. The summed E-state index contributed by atoms with van der Waals surface area (Å²) in [6.07, 6.45) is 4.49. The van der Waals surface area contributed by atoms with Crippen molar-refractivity contribution in [2.75, 3.05) is 6.54 Å². The summed E-state index contributed by atoms with van der Waals surface area (Å²) < 4.78 is 7.36. The Bertz CT molecular complexity index is 1150. The Morgan fingerprint density at radius 3 is 2.70 bits per heavy atom. The number of benzene rings is 2. The van der Waals surface area contributed by atoms with Gasteiger partial charge < -0.3 is 14.4 Å². The van der Waals surface area contributed by atoms with Gasteiger partial charge in [0, 0.05) is 36.6 Å². The molecule has 4 aromatic rings. The molecule has 1 amide bonds. The molecule has 7 heteroatoms. The fraction of sp³-hybridized carbons (Fsp3) is 0.174. The van der Waals surface area contributed by atoms with Gasteiger partial charge in [0.15, 0.2) is 0 Å². The second kappa shape index (κ2) is 8.97. The average Bonchev–Trinajstić information content (AvgIpc) is 3.38. The summed E-state index contributed by atoms with van der Waals surface area (Å²) in [6, 6.07) is 17.3. The zero-order chi connectivity index (χ0) is 20.9. The summed E-state index contributed by atoms with van der Waals surface area (Å²) in [7, 11) is 0. The van der Waals surface area contributed by atoms with Crippen molar-refractivity contribution in [3.8, 4) is 22.6 Å². The summed E-state index contributed by atoms with van der Waals surface area (Å²) in [6.45, 7) is 2.97. The van der Waals surface area contributed by atoms with Gasteiger partial charge in [-0.2, -0.15) is 0 Å². The Balaban J connectivity index is 1.40. The lowest BCUT2D eigenvalue weighted by Gasteiger charge is -2.09. The van der Waals surface area contributed by atoms with Crippen LogP contribution in [0.3, 0.4) is 0 Å². The zero-order valence-corrected chi connectivity index (χ0v) is 17.3. The molecule has 0 saturated heterocycles. The fourth-order valence-electron chi connectivity index (χ4n) is 3.35. The maximum absolute atomic E-state index is 12.8. The summed E-state index contributed by atoms with van der Waals surface area (Å²) in [5, 5.41) is 7.53. The molecule has 1 N–H and O–H groups in total. The fourth-order valence-corrected chi connectivity index (χ4v) is 3.58. The maximum Gasteiger partial charge on any atom is 0.257 e. The predicted molar refractivity (Wildman–Crippen MR) is 116 cm³/mol. The van der Waals surface area contributed by atoms with E-state index in [1.54, 1.807) is 19.2 Å². The number of nitrogens with one attached hydrogen (secondary N) is 1. The summed E-state index contributed by atoms with van der Waals surface area (Å²) in [4.78, 5) is 17.3. The van der Waals surface area contributed by atoms with Crippen LogP contribution < -0.4 is 5.32 Å². The van der Waals surface area contributed by atoms with Crippen LogP contribution in [0.15, 0.2) is 71.5 Å². The highest BCUT2D eigenvalue weighted by molar-refractivity contribution is 6.33. The first-order valence-electron chi connectivity index (χ1n) is 9.71. The molecule has 152 valence electrons. The molecular formula is C23H21ClN4O2. The van der Waals surface area contributed by atoms with Gasteiger partial charge in [0.25, 0.3) is 5.91 Å². The Labute approximate surface area is 179 Å². The van der Waals surface area contributed by atoms with E-state index in [2.05, 4.69) is 20.0 Å². The van der Waals surface area contributed by atoms with Crippen molar-refractivity contribution in [3.63, 3.8) is 0 Å². The van der Waals surface area contributed by atoms with E-state index in [0.29, 0.717) is 34.1 Å². The molecular weight excluding hydrogens is 400 g/mol. The third-order valence-electron chi connectivity index (χ3n) is 4.83. The smallest absolute Gasteiger partial charge is 0.257 e. The number of aromatic nitrogens is 3. The van der Waals surface area contributed by atoms with E-state index in [0.717, 1.165) is 24.4 Å². The van der Waals surface area contributed by atoms with Crippen LogP contribution in [-0.4, -0.2) is 27.2 Å². The van der Waals surface area contributed by atoms with Gasteiger partial charge in [-0.25, -0.2) is 4.98 Å². The molecule has 0 saturated carbocycles. The lowest BCUT2D eigenvalue weighted by atomic mass is 10.1. The lowest BCUT2D eigenvalue weighted by Crippen LogP contribution is -2.26. The number of nitrogens with zero attached hydrogens (tertiary/aromatic N) is 3. The highest BCUT2D eigenvalue weighted by atomic mass is 35.5. The summed E-state index contributed by atoms with van der Waals surface area (Å²) >= 11 is 6.27. The van der Waals surface area contributed by atoms with Crippen molar-refractivity contribution in [2.45, 2.75) is 19.9 Å². The van der Waals surface area contributed by atoms with Crippen molar-refractivity contribution < 1.29 is 9.32 Å². The summed E-state index contributed by atoms with van der Waals surface area (Å²) in [5.41, 5.74) is 2.61. The highest BCUT2D eigenvalue weighted by Crippen LogP contribution is 2.30. The molecule has 2 aromatic carbocycles. The Kier molecular flexibility index (Phi) is 5.95. The van der Waals surface area contributed by atoms with E-state index < -0.39 is 0 Å². The molecule has 0 aliphatic carbocycles. The van der Waals surface area contributed by atoms with Gasteiger partial charge in [-0.05, 0) is 19.4 Å². The number of hydrogen-bond donors (Lipinski definition) is 1. The van der Waals surface area contributed by atoms with Crippen LogP contribution in [0.5, 0.6) is 0 Å². The standard InChI is InChI=1S/C23H21ClN4O2/c1-16-20(21(27-30-16)18-10-5-6-11-19(18)24)23(29)26-12-7-14-28-15-13-25-22(28)17-8-3-2-4-9-17/h2-6,8-11,13,15H,7,12,14H2,1H3,(H,26,29). The lowest BCUT2D eigenvalue weighted by molar-refractivity contribution is 0.0952. The second-order valence-corrected chi connectivity index (χ2v) is 7.27. The molecule has 0 unspecified atom stereocenters. The molecule has 0 spiro atoms. The van der Waals surface area contributed by atoms with Gasteiger partial charge in [-0.15, -0.1) is 0 Å². The van der Waals surface area contributed by atoms with Crippen LogP contribution in [-0.2, 0) is 6.54 Å². The number of amides is 1. The number of aryl methyl sites for hydroxylation is 2. The maximum atomic E-state index is 12.8. The number of halogens is 1.